The molecule has 0 atom stereocenters. The quantitative estimate of drug-likeness (QED) is 0.917. The van der Waals surface area contributed by atoms with Gasteiger partial charge in [0, 0.05) is 37.9 Å². The molecule has 1 aliphatic rings. The number of nitrogens with zero attached hydrogens (tertiary/aromatic N) is 2. The van der Waals surface area contributed by atoms with Crippen LogP contribution in [0.4, 0.5) is 0 Å². The van der Waals surface area contributed by atoms with Crippen LogP contribution in [0.2, 0.25) is 0 Å². The number of rotatable bonds is 4. The van der Waals surface area contributed by atoms with Crippen LogP contribution < -0.4 is 4.74 Å². The Kier molecular flexibility index (Phi) is 5.30. The highest BCUT2D eigenvalue weighted by Gasteiger charge is 2.26. The van der Waals surface area contributed by atoms with Crippen molar-refractivity contribution in [2.24, 2.45) is 0 Å². The third-order valence-electron chi connectivity index (χ3n) is 4.47. The van der Waals surface area contributed by atoms with E-state index in [0.29, 0.717) is 37.4 Å². The summed E-state index contributed by atoms with van der Waals surface area (Å²) in [4.78, 5) is 31.6. The molecule has 138 valence electrons. The third kappa shape index (κ3) is 3.90. The number of aromatic amines is 1. The molecule has 1 N–H and O–H groups in total. The van der Waals surface area contributed by atoms with Gasteiger partial charge in [-0.25, -0.2) is 0 Å². The van der Waals surface area contributed by atoms with Gasteiger partial charge in [0.2, 0.25) is 0 Å². The summed E-state index contributed by atoms with van der Waals surface area (Å²) in [5, 5.41) is 0. The SMILES string of the molecule is Cc1cc(C(=O)N2CCN(C(=O)c3ccc[nH]3)CC2)ccc1OC(C)C. The molecule has 0 bridgehead atoms. The van der Waals surface area contributed by atoms with Gasteiger partial charge in [-0.1, -0.05) is 0 Å². The topological polar surface area (TPSA) is 65.6 Å². The highest BCUT2D eigenvalue weighted by molar-refractivity contribution is 5.95. The van der Waals surface area contributed by atoms with Gasteiger partial charge in [-0.2, -0.15) is 0 Å². The van der Waals surface area contributed by atoms with Gasteiger partial charge in [-0.05, 0) is 56.7 Å². The molecule has 0 radical (unpaired) electrons. The number of aromatic nitrogens is 1. The normalized spacial score (nSPS) is 14.6. The summed E-state index contributed by atoms with van der Waals surface area (Å²) in [6.45, 7) is 8.05. The van der Waals surface area contributed by atoms with Crippen LogP contribution in [0.3, 0.4) is 0 Å². The molecule has 6 nitrogen and oxygen atoms in total. The molecule has 3 rings (SSSR count). The molecule has 0 unspecified atom stereocenters. The number of ether oxygens (including phenoxy) is 1. The van der Waals surface area contributed by atoms with Crippen LogP contribution >= 0.6 is 0 Å². The number of hydrogen-bond donors (Lipinski definition) is 1. The molecular formula is C20H25N3O3. The molecule has 0 saturated carbocycles. The smallest absolute Gasteiger partial charge is 0.270 e. The summed E-state index contributed by atoms with van der Waals surface area (Å²) in [6.07, 6.45) is 1.84. The first kappa shape index (κ1) is 18.0. The molecule has 1 fully saturated rings. The van der Waals surface area contributed by atoms with E-state index in [4.69, 9.17) is 4.74 Å². The number of piperazine rings is 1. The fourth-order valence-corrected chi connectivity index (χ4v) is 3.10. The van der Waals surface area contributed by atoms with E-state index in [0.717, 1.165) is 11.3 Å². The van der Waals surface area contributed by atoms with Crippen LogP contribution in [0.15, 0.2) is 36.5 Å². The zero-order valence-corrected chi connectivity index (χ0v) is 15.5. The Labute approximate surface area is 153 Å². The lowest BCUT2D eigenvalue weighted by atomic mass is 10.1. The second kappa shape index (κ2) is 7.64. The van der Waals surface area contributed by atoms with Crippen LogP contribution in [0, 0.1) is 6.92 Å². The number of benzene rings is 1. The number of carbonyl (C=O) groups excluding carboxylic acids is 2. The van der Waals surface area contributed by atoms with E-state index in [-0.39, 0.29) is 17.9 Å². The van der Waals surface area contributed by atoms with Crippen molar-refractivity contribution in [3.63, 3.8) is 0 Å². The molecule has 1 aromatic carbocycles. The van der Waals surface area contributed by atoms with Crippen LogP contribution in [0.1, 0.15) is 40.3 Å². The van der Waals surface area contributed by atoms with Crippen LogP contribution in [0.5, 0.6) is 5.75 Å². The maximum absolute atomic E-state index is 12.8. The number of amides is 2. The van der Waals surface area contributed by atoms with Gasteiger partial charge in [-0.3, -0.25) is 9.59 Å². The lowest BCUT2D eigenvalue weighted by Gasteiger charge is -2.34. The molecule has 0 aliphatic carbocycles. The largest absolute Gasteiger partial charge is 0.491 e. The van der Waals surface area contributed by atoms with Crippen LogP contribution in [0.25, 0.3) is 0 Å². The first-order valence-electron chi connectivity index (χ1n) is 8.95. The molecular weight excluding hydrogens is 330 g/mol. The van der Waals surface area contributed by atoms with Gasteiger partial charge in [0.15, 0.2) is 0 Å². The van der Waals surface area contributed by atoms with E-state index in [1.54, 1.807) is 22.1 Å². The van der Waals surface area contributed by atoms with Gasteiger partial charge in [0.1, 0.15) is 11.4 Å². The first-order chi connectivity index (χ1) is 12.5. The minimum absolute atomic E-state index is 0.00355. The number of carbonyl (C=O) groups is 2. The minimum atomic E-state index is -0.0202. The molecule has 1 aromatic heterocycles. The second-order valence-corrected chi connectivity index (χ2v) is 6.82. The van der Waals surface area contributed by atoms with Gasteiger partial charge >= 0.3 is 0 Å². The average molecular weight is 355 g/mol. The van der Waals surface area contributed by atoms with E-state index in [9.17, 15) is 9.59 Å². The lowest BCUT2D eigenvalue weighted by molar-refractivity contribution is 0.0532. The van der Waals surface area contributed by atoms with Crippen LogP contribution in [-0.2, 0) is 0 Å². The summed E-state index contributed by atoms with van der Waals surface area (Å²) in [5.41, 5.74) is 2.19. The molecule has 1 aliphatic heterocycles. The molecule has 2 aromatic rings. The fourth-order valence-electron chi connectivity index (χ4n) is 3.10. The summed E-state index contributed by atoms with van der Waals surface area (Å²) in [5.74, 6) is 0.780. The number of hydrogen-bond acceptors (Lipinski definition) is 3. The molecule has 0 spiro atoms. The predicted molar refractivity (Wildman–Crippen MR) is 99.5 cm³/mol. The number of aryl methyl sites for hydroxylation is 1. The van der Waals surface area contributed by atoms with E-state index < -0.39 is 0 Å². The van der Waals surface area contributed by atoms with E-state index >= 15 is 0 Å². The van der Waals surface area contributed by atoms with Crippen LogP contribution in [-0.4, -0.2) is 58.9 Å². The Morgan fingerprint density at radius 3 is 2.23 bits per heavy atom. The lowest BCUT2D eigenvalue weighted by Crippen LogP contribution is -2.50. The van der Waals surface area contributed by atoms with Crippen molar-refractivity contribution in [3.8, 4) is 5.75 Å². The van der Waals surface area contributed by atoms with Crippen molar-refractivity contribution in [3.05, 3.63) is 53.3 Å². The Morgan fingerprint density at radius 1 is 1.04 bits per heavy atom. The highest BCUT2D eigenvalue weighted by Crippen LogP contribution is 2.21. The van der Waals surface area contributed by atoms with Crippen molar-refractivity contribution >= 4 is 11.8 Å². The van der Waals surface area contributed by atoms with Gasteiger partial charge in [0.05, 0.1) is 6.10 Å². The summed E-state index contributed by atoms with van der Waals surface area (Å²) >= 11 is 0. The molecule has 2 amide bonds. The molecule has 26 heavy (non-hydrogen) atoms. The molecule has 6 heteroatoms. The van der Waals surface area contributed by atoms with Gasteiger partial charge in [0.25, 0.3) is 11.8 Å². The zero-order valence-electron chi connectivity index (χ0n) is 15.5. The Hall–Kier alpha value is -2.76. The second-order valence-electron chi connectivity index (χ2n) is 6.82. The average Bonchev–Trinajstić information content (AvgIpc) is 3.16. The van der Waals surface area contributed by atoms with E-state index in [1.165, 1.54) is 0 Å². The van der Waals surface area contributed by atoms with Gasteiger partial charge in [-0.15, -0.1) is 0 Å². The van der Waals surface area contributed by atoms with E-state index in [2.05, 4.69) is 4.98 Å². The van der Waals surface area contributed by atoms with Crippen molar-refractivity contribution in [2.45, 2.75) is 26.9 Å². The summed E-state index contributed by atoms with van der Waals surface area (Å²) in [7, 11) is 0. The maximum atomic E-state index is 12.8. The summed E-state index contributed by atoms with van der Waals surface area (Å²) in [6, 6.07) is 9.11. The zero-order chi connectivity index (χ0) is 18.7. The Morgan fingerprint density at radius 2 is 1.69 bits per heavy atom. The van der Waals surface area contributed by atoms with E-state index in [1.807, 2.05) is 45.0 Å². The molecule has 2 heterocycles. The minimum Gasteiger partial charge on any atom is -0.491 e. The van der Waals surface area contributed by atoms with Crippen molar-refractivity contribution in [2.75, 3.05) is 26.2 Å². The summed E-state index contributed by atoms with van der Waals surface area (Å²) < 4.78 is 5.73. The number of H-pyrrole nitrogens is 1. The fraction of sp³-hybridized carbons (Fsp3) is 0.400. The maximum Gasteiger partial charge on any atom is 0.270 e. The number of nitrogens with one attached hydrogen (secondary N) is 1. The molecule has 1 saturated heterocycles. The predicted octanol–water partition coefficient (Wildman–Crippen LogP) is 2.71. The standard InChI is InChI=1S/C20H25N3O3/c1-14(2)26-18-7-6-16(13-15(18)3)19(24)22-9-11-23(12-10-22)20(25)17-5-4-8-21-17/h4-8,13-14,21H,9-12H2,1-3H3. The highest BCUT2D eigenvalue weighted by atomic mass is 16.5. The van der Waals surface area contributed by atoms with Crippen molar-refractivity contribution < 1.29 is 14.3 Å². The Bertz CT molecular complexity index is 776. The first-order valence-corrected chi connectivity index (χ1v) is 8.95. The van der Waals surface area contributed by atoms with Crippen molar-refractivity contribution in [1.82, 2.24) is 14.8 Å². The Balaban J connectivity index is 1.61. The monoisotopic (exact) mass is 355 g/mol. The van der Waals surface area contributed by atoms with Gasteiger partial charge < -0.3 is 19.5 Å². The third-order valence-corrected chi connectivity index (χ3v) is 4.47. The van der Waals surface area contributed by atoms with Crippen molar-refractivity contribution in [1.29, 1.82) is 0 Å².